The second-order valence-electron chi connectivity index (χ2n) is 5.55. The van der Waals surface area contributed by atoms with Gasteiger partial charge in [-0.2, -0.15) is 0 Å². The number of Topliss-reactive ketones (excluding diaryl/α,β-unsaturated/α-hetero) is 2. The number of methoxy groups -OCH3 is 2. The third kappa shape index (κ3) is 7.83. The number of rotatable bonds is 7. The van der Waals surface area contributed by atoms with Gasteiger partial charge in [-0.1, -0.05) is 12.1 Å². The molecule has 0 bridgehead atoms. The molecule has 2 aromatic rings. The molecule has 0 spiro atoms. The molecule has 0 aromatic heterocycles. The van der Waals surface area contributed by atoms with E-state index >= 15 is 0 Å². The average molecular weight is 372 g/mol. The SMILES string of the molecule is COCCOC(=O)c1ccc(C(C)=O)cc1.COc1ccc(C(C)=O)cc1. The van der Waals surface area contributed by atoms with E-state index in [1.165, 1.54) is 14.0 Å². The maximum absolute atomic E-state index is 11.4. The molecule has 0 aliphatic rings. The smallest absolute Gasteiger partial charge is 0.338 e. The van der Waals surface area contributed by atoms with Crippen LogP contribution in [0.25, 0.3) is 0 Å². The molecule has 0 N–H and O–H groups in total. The monoisotopic (exact) mass is 372 g/mol. The fraction of sp³-hybridized carbons (Fsp3) is 0.286. The van der Waals surface area contributed by atoms with Gasteiger partial charge in [0.15, 0.2) is 11.6 Å². The van der Waals surface area contributed by atoms with Gasteiger partial charge >= 0.3 is 5.97 Å². The first-order chi connectivity index (χ1) is 12.9. The lowest BCUT2D eigenvalue weighted by Gasteiger charge is -2.04. The van der Waals surface area contributed by atoms with Crippen molar-refractivity contribution in [2.45, 2.75) is 13.8 Å². The summed E-state index contributed by atoms with van der Waals surface area (Å²) in [6.07, 6.45) is 0. The maximum Gasteiger partial charge on any atom is 0.338 e. The zero-order chi connectivity index (χ0) is 20.2. The molecule has 0 radical (unpaired) electrons. The third-order valence-electron chi connectivity index (χ3n) is 3.54. The number of esters is 1. The second kappa shape index (κ2) is 11.6. The van der Waals surface area contributed by atoms with Crippen LogP contribution in [0.4, 0.5) is 0 Å². The lowest BCUT2D eigenvalue weighted by Crippen LogP contribution is -2.10. The first kappa shape index (κ1) is 22.1. The quantitative estimate of drug-likeness (QED) is 0.420. The van der Waals surface area contributed by atoms with E-state index in [1.807, 2.05) is 0 Å². The highest BCUT2D eigenvalue weighted by Crippen LogP contribution is 2.11. The van der Waals surface area contributed by atoms with E-state index in [9.17, 15) is 14.4 Å². The number of carbonyl (C=O) groups is 3. The van der Waals surface area contributed by atoms with E-state index in [4.69, 9.17) is 14.2 Å². The van der Waals surface area contributed by atoms with Crippen LogP contribution in [-0.2, 0) is 9.47 Å². The molecule has 6 nitrogen and oxygen atoms in total. The fourth-order valence-corrected chi connectivity index (χ4v) is 1.97. The zero-order valence-electron chi connectivity index (χ0n) is 16.0. The molecule has 0 aliphatic heterocycles. The number of hydrogen-bond donors (Lipinski definition) is 0. The van der Waals surface area contributed by atoms with Crippen molar-refractivity contribution in [3.63, 3.8) is 0 Å². The van der Waals surface area contributed by atoms with Gasteiger partial charge in [0.05, 0.1) is 19.3 Å². The number of benzene rings is 2. The Bertz CT molecular complexity index is 747. The molecule has 0 saturated heterocycles. The summed E-state index contributed by atoms with van der Waals surface area (Å²) in [6.45, 7) is 3.62. The molecule has 2 aromatic carbocycles. The van der Waals surface area contributed by atoms with Gasteiger partial charge in [-0.05, 0) is 50.2 Å². The minimum absolute atomic E-state index is 0.0284. The molecule has 0 aliphatic carbocycles. The van der Waals surface area contributed by atoms with Crippen LogP contribution in [0.1, 0.15) is 44.9 Å². The van der Waals surface area contributed by atoms with E-state index in [1.54, 1.807) is 62.6 Å². The van der Waals surface area contributed by atoms with Crippen LogP contribution >= 0.6 is 0 Å². The van der Waals surface area contributed by atoms with Crippen LogP contribution in [-0.4, -0.2) is 45.0 Å². The van der Waals surface area contributed by atoms with E-state index < -0.39 is 5.97 Å². The van der Waals surface area contributed by atoms with Crippen molar-refractivity contribution in [3.8, 4) is 5.75 Å². The van der Waals surface area contributed by atoms with Crippen molar-refractivity contribution < 1.29 is 28.6 Å². The molecule has 27 heavy (non-hydrogen) atoms. The van der Waals surface area contributed by atoms with Crippen molar-refractivity contribution in [1.82, 2.24) is 0 Å². The molecular formula is C21H24O6. The normalized spacial score (nSPS) is 9.63. The summed E-state index contributed by atoms with van der Waals surface area (Å²) in [6, 6.07) is 13.4. The van der Waals surface area contributed by atoms with Crippen molar-refractivity contribution in [2.75, 3.05) is 27.4 Å². The third-order valence-corrected chi connectivity index (χ3v) is 3.54. The summed E-state index contributed by atoms with van der Waals surface area (Å²) in [5.74, 6) is 0.411. The topological polar surface area (TPSA) is 78.9 Å². The van der Waals surface area contributed by atoms with Crippen molar-refractivity contribution in [2.24, 2.45) is 0 Å². The van der Waals surface area contributed by atoms with Gasteiger partial charge in [0, 0.05) is 18.2 Å². The van der Waals surface area contributed by atoms with Crippen molar-refractivity contribution in [3.05, 3.63) is 65.2 Å². The molecule has 0 amide bonds. The van der Waals surface area contributed by atoms with Crippen LogP contribution in [0.3, 0.4) is 0 Å². The molecule has 0 atom stereocenters. The first-order valence-corrected chi connectivity index (χ1v) is 8.31. The van der Waals surface area contributed by atoms with Crippen molar-refractivity contribution >= 4 is 17.5 Å². The Kier molecular flexibility index (Phi) is 9.47. The largest absolute Gasteiger partial charge is 0.497 e. The van der Waals surface area contributed by atoms with Crippen LogP contribution in [0.15, 0.2) is 48.5 Å². The summed E-state index contributed by atoms with van der Waals surface area (Å²) < 4.78 is 14.6. The number of ether oxygens (including phenoxy) is 3. The summed E-state index contributed by atoms with van der Waals surface area (Å²) in [4.78, 5) is 33.2. The number of ketones is 2. The Labute approximate surface area is 159 Å². The molecule has 0 unspecified atom stereocenters. The van der Waals surface area contributed by atoms with Gasteiger partial charge in [-0.3, -0.25) is 9.59 Å². The van der Waals surface area contributed by atoms with E-state index in [0.717, 1.165) is 5.75 Å². The molecule has 0 heterocycles. The van der Waals surface area contributed by atoms with Gasteiger partial charge in [0.2, 0.25) is 0 Å². The van der Waals surface area contributed by atoms with E-state index in [-0.39, 0.29) is 18.2 Å². The van der Waals surface area contributed by atoms with Crippen LogP contribution in [0.5, 0.6) is 5.75 Å². The summed E-state index contributed by atoms with van der Waals surface area (Å²) in [5, 5.41) is 0. The molecular weight excluding hydrogens is 348 g/mol. The fourth-order valence-electron chi connectivity index (χ4n) is 1.97. The molecule has 144 valence electrons. The van der Waals surface area contributed by atoms with Gasteiger partial charge in [0.25, 0.3) is 0 Å². The zero-order valence-corrected chi connectivity index (χ0v) is 16.0. The lowest BCUT2D eigenvalue weighted by atomic mass is 10.1. The van der Waals surface area contributed by atoms with E-state index in [2.05, 4.69) is 0 Å². The minimum atomic E-state index is -0.410. The Morgan fingerprint density at radius 3 is 1.56 bits per heavy atom. The molecule has 6 heteroatoms. The Hall–Kier alpha value is -2.99. The molecule has 0 saturated carbocycles. The highest BCUT2D eigenvalue weighted by molar-refractivity contribution is 5.96. The van der Waals surface area contributed by atoms with Gasteiger partial charge in [-0.25, -0.2) is 4.79 Å². The minimum Gasteiger partial charge on any atom is -0.497 e. The molecule has 2 rings (SSSR count). The Balaban J connectivity index is 0.000000289. The standard InChI is InChI=1S/C12H14O4.C9H10O2/c1-9(13)10-3-5-11(6-4-10)12(14)16-8-7-15-2;1-7(10)8-3-5-9(11-2)6-4-8/h3-6H,7-8H2,1-2H3;3-6H,1-2H3. The highest BCUT2D eigenvalue weighted by atomic mass is 16.6. The van der Waals surface area contributed by atoms with Crippen LogP contribution < -0.4 is 4.74 Å². The predicted octanol–water partition coefficient (Wildman–Crippen LogP) is 3.59. The van der Waals surface area contributed by atoms with Gasteiger partial charge < -0.3 is 14.2 Å². The Morgan fingerprint density at radius 2 is 1.15 bits per heavy atom. The summed E-state index contributed by atoms with van der Waals surface area (Å²) in [5.41, 5.74) is 1.72. The molecule has 0 fully saturated rings. The highest BCUT2D eigenvalue weighted by Gasteiger charge is 2.07. The maximum atomic E-state index is 11.4. The van der Waals surface area contributed by atoms with Crippen LogP contribution in [0.2, 0.25) is 0 Å². The van der Waals surface area contributed by atoms with Gasteiger partial charge in [-0.15, -0.1) is 0 Å². The lowest BCUT2D eigenvalue weighted by molar-refractivity contribution is 0.0388. The summed E-state index contributed by atoms with van der Waals surface area (Å²) >= 11 is 0. The van der Waals surface area contributed by atoms with Crippen molar-refractivity contribution in [1.29, 1.82) is 0 Å². The Morgan fingerprint density at radius 1 is 0.704 bits per heavy atom. The average Bonchev–Trinajstić information content (AvgIpc) is 2.68. The van der Waals surface area contributed by atoms with Gasteiger partial charge in [0.1, 0.15) is 12.4 Å². The van der Waals surface area contributed by atoms with Crippen LogP contribution in [0, 0.1) is 0 Å². The summed E-state index contributed by atoms with van der Waals surface area (Å²) in [7, 11) is 3.14. The number of carbonyl (C=O) groups excluding carboxylic acids is 3. The predicted molar refractivity (Wildman–Crippen MR) is 102 cm³/mol. The number of hydrogen-bond acceptors (Lipinski definition) is 6. The first-order valence-electron chi connectivity index (χ1n) is 8.31. The van der Waals surface area contributed by atoms with E-state index in [0.29, 0.717) is 23.3 Å². The second-order valence-corrected chi connectivity index (χ2v) is 5.55.